The average Bonchev–Trinajstić information content (AvgIpc) is 2.20. The zero-order chi connectivity index (χ0) is 12.3. The van der Waals surface area contributed by atoms with Crippen LogP contribution in [0.3, 0.4) is 0 Å². The Labute approximate surface area is 99.6 Å². The Morgan fingerprint density at radius 1 is 1.50 bits per heavy atom. The van der Waals surface area contributed by atoms with Crippen LogP contribution in [0.2, 0.25) is 0 Å². The summed E-state index contributed by atoms with van der Waals surface area (Å²) in [5, 5.41) is 11.1. The topological polar surface area (TPSA) is 66.4 Å². The first-order chi connectivity index (χ1) is 7.41. The van der Waals surface area contributed by atoms with Gasteiger partial charge in [0.15, 0.2) is 0 Å². The van der Waals surface area contributed by atoms with Crippen molar-refractivity contribution in [1.29, 1.82) is 0 Å². The highest BCUT2D eigenvalue weighted by molar-refractivity contribution is 9.10. The quantitative estimate of drug-likeness (QED) is 0.839. The van der Waals surface area contributed by atoms with E-state index in [2.05, 4.69) is 21.2 Å². The molecule has 0 saturated carbocycles. The van der Waals surface area contributed by atoms with E-state index in [0.717, 1.165) is 12.1 Å². The van der Waals surface area contributed by atoms with Crippen LogP contribution in [0, 0.1) is 5.82 Å². The third-order valence-electron chi connectivity index (χ3n) is 1.83. The molecular weight excluding hydrogens is 281 g/mol. The van der Waals surface area contributed by atoms with Crippen molar-refractivity contribution in [2.45, 2.75) is 11.8 Å². The SMILES string of the molecule is CC(Br)C(=O)Nc1ccc(F)c(C(=O)O)c1. The Morgan fingerprint density at radius 3 is 2.62 bits per heavy atom. The molecule has 0 aliphatic rings. The lowest BCUT2D eigenvalue weighted by Gasteiger charge is -2.07. The number of carboxylic acids is 1. The number of anilines is 1. The maximum atomic E-state index is 13.0. The highest BCUT2D eigenvalue weighted by atomic mass is 79.9. The van der Waals surface area contributed by atoms with Crippen LogP contribution in [-0.4, -0.2) is 21.8 Å². The lowest BCUT2D eigenvalue weighted by atomic mass is 10.2. The number of hydrogen-bond acceptors (Lipinski definition) is 2. The predicted octanol–water partition coefficient (Wildman–Crippen LogP) is 2.25. The number of alkyl halides is 1. The summed E-state index contributed by atoms with van der Waals surface area (Å²) in [4.78, 5) is 21.5. The lowest BCUT2D eigenvalue weighted by Crippen LogP contribution is -2.20. The van der Waals surface area contributed by atoms with E-state index in [0.29, 0.717) is 0 Å². The smallest absolute Gasteiger partial charge is 0.338 e. The van der Waals surface area contributed by atoms with E-state index in [1.807, 2.05) is 0 Å². The molecule has 1 amide bonds. The zero-order valence-electron chi connectivity index (χ0n) is 8.33. The van der Waals surface area contributed by atoms with Gasteiger partial charge in [-0.1, -0.05) is 15.9 Å². The minimum atomic E-state index is -1.37. The first-order valence-corrected chi connectivity index (χ1v) is 5.31. The Morgan fingerprint density at radius 2 is 2.12 bits per heavy atom. The second-order valence-electron chi connectivity index (χ2n) is 3.11. The minimum Gasteiger partial charge on any atom is -0.478 e. The molecule has 0 aliphatic heterocycles. The van der Waals surface area contributed by atoms with Crippen LogP contribution in [0.15, 0.2) is 18.2 Å². The van der Waals surface area contributed by atoms with Crippen molar-refractivity contribution >= 4 is 33.5 Å². The number of carboxylic acid groups (broad SMARTS) is 1. The molecule has 16 heavy (non-hydrogen) atoms. The molecule has 1 aromatic rings. The summed E-state index contributed by atoms with van der Waals surface area (Å²) in [5.41, 5.74) is -0.227. The fourth-order valence-electron chi connectivity index (χ4n) is 1.01. The first kappa shape index (κ1) is 12.6. The molecule has 0 heterocycles. The Balaban J connectivity index is 2.95. The van der Waals surface area contributed by atoms with Crippen LogP contribution in [0.5, 0.6) is 0 Å². The van der Waals surface area contributed by atoms with E-state index in [4.69, 9.17) is 5.11 Å². The summed E-state index contributed by atoms with van der Waals surface area (Å²) in [6.45, 7) is 1.62. The molecule has 0 saturated heterocycles. The van der Waals surface area contributed by atoms with Gasteiger partial charge in [-0.3, -0.25) is 4.79 Å². The number of aromatic carboxylic acids is 1. The van der Waals surface area contributed by atoms with Gasteiger partial charge in [0.25, 0.3) is 0 Å². The molecule has 6 heteroatoms. The zero-order valence-corrected chi connectivity index (χ0v) is 9.92. The second-order valence-corrected chi connectivity index (χ2v) is 4.48. The number of nitrogens with one attached hydrogen (secondary N) is 1. The van der Waals surface area contributed by atoms with Crippen LogP contribution in [0.25, 0.3) is 0 Å². The number of hydrogen-bond donors (Lipinski definition) is 2. The summed E-state index contributed by atoms with van der Waals surface area (Å²) in [6, 6.07) is 3.37. The van der Waals surface area contributed by atoms with Gasteiger partial charge < -0.3 is 10.4 Å². The van der Waals surface area contributed by atoms with Crippen molar-refractivity contribution in [2.75, 3.05) is 5.32 Å². The van der Waals surface area contributed by atoms with Crippen molar-refractivity contribution in [2.24, 2.45) is 0 Å². The molecule has 0 aromatic heterocycles. The number of carbonyl (C=O) groups is 2. The molecule has 1 unspecified atom stereocenters. The predicted molar refractivity (Wildman–Crippen MR) is 60.4 cm³/mol. The van der Waals surface area contributed by atoms with Gasteiger partial charge in [0.1, 0.15) is 5.82 Å². The van der Waals surface area contributed by atoms with Gasteiger partial charge in [0.05, 0.1) is 10.4 Å². The van der Waals surface area contributed by atoms with Gasteiger partial charge in [0, 0.05) is 5.69 Å². The third kappa shape index (κ3) is 3.03. The normalized spacial score (nSPS) is 11.9. The van der Waals surface area contributed by atoms with Gasteiger partial charge in [-0.2, -0.15) is 0 Å². The highest BCUT2D eigenvalue weighted by Gasteiger charge is 2.13. The van der Waals surface area contributed by atoms with E-state index in [1.54, 1.807) is 6.92 Å². The van der Waals surface area contributed by atoms with Gasteiger partial charge in [-0.05, 0) is 25.1 Å². The molecule has 1 atom stereocenters. The number of amides is 1. The maximum absolute atomic E-state index is 13.0. The fourth-order valence-corrected chi connectivity index (χ4v) is 1.12. The highest BCUT2D eigenvalue weighted by Crippen LogP contribution is 2.15. The van der Waals surface area contributed by atoms with E-state index >= 15 is 0 Å². The molecular formula is C10H9BrFNO3. The van der Waals surface area contributed by atoms with E-state index < -0.39 is 22.2 Å². The molecule has 0 fully saturated rings. The number of benzene rings is 1. The molecule has 86 valence electrons. The molecule has 0 radical (unpaired) electrons. The van der Waals surface area contributed by atoms with Crippen molar-refractivity contribution < 1.29 is 19.1 Å². The summed E-state index contributed by atoms with van der Waals surface area (Å²) in [5.74, 6) is -2.54. The second kappa shape index (κ2) is 5.07. The molecule has 0 spiro atoms. The minimum absolute atomic E-state index is 0.245. The van der Waals surface area contributed by atoms with Gasteiger partial charge in [-0.15, -0.1) is 0 Å². The van der Waals surface area contributed by atoms with Crippen molar-refractivity contribution in [3.05, 3.63) is 29.6 Å². The monoisotopic (exact) mass is 289 g/mol. The number of rotatable bonds is 3. The van der Waals surface area contributed by atoms with Crippen molar-refractivity contribution in [1.82, 2.24) is 0 Å². The number of carbonyl (C=O) groups excluding carboxylic acids is 1. The van der Waals surface area contributed by atoms with Crippen molar-refractivity contribution in [3.63, 3.8) is 0 Å². The number of halogens is 2. The Bertz CT molecular complexity index is 434. The molecule has 0 bridgehead atoms. The van der Waals surface area contributed by atoms with Gasteiger partial charge in [0.2, 0.25) is 5.91 Å². The van der Waals surface area contributed by atoms with Crippen LogP contribution >= 0.6 is 15.9 Å². The van der Waals surface area contributed by atoms with Crippen LogP contribution in [0.4, 0.5) is 10.1 Å². The molecule has 0 aliphatic carbocycles. The molecule has 1 rings (SSSR count). The van der Waals surface area contributed by atoms with Crippen LogP contribution in [0.1, 0.15) is 17.3 Å². The molecule has 4 nitrogen and oxygen atoms in total. The van der Waals surface area contributed by atoms with Crippen molar-refractivity contribution in [3.8, 4) is 0 Å². The van der Waals surface area contributed by atoms with E-state index in [1.165, 1.54) is 6.07 Å². The summed E-state index contributed by atoms with van der Waals surface area (Å²) < 4.78 is 13.0. The Kier molecular flexibility index (Phi) is 4.00. The third-order valence-corrected chi connectivity index (χ3v) is 2.24. The molecule has 2 N–H and O–H groups in total. The van der Waals surface area contributed by atoms with Crippen LogP contribution in [-0.2, 0) is 4.79 Å². The first-order valence-electron chi connectivity index (χ1n) is 4.39. The Hall–Kier alpha value is -1.43. The van der Waals surface area contributed by atoms with Crippen LogP contribution < -0.4 is 5.32 Å². The van der Waals surface area contributed by atoms with Gasteiger partial charge in [-0.25, -0.2) is 9.18 Å². The largest absolute Gasteiger partial charge is 0.478 e. The lowest BCUT2D eigenvalue weighted by molar-refractivity contribution is -0.115. The summed E-state index contributed by atoms with van der Waals surface area (Å²) in [6.07, 6.45) is 0. The average molecular weight is 290 g/mol. The standard InChI is InChI=1S/C10H9BrFNO3/c1-5(11)9(14)13-6-2-3-8(12)7(4-6)10(15)16/h2-5H,1H3,(H,13,14)(H,15,16). The van der Waals surface area contributed by atoms with E-state index in [-0.39, 0.29) is 11.6 Å². The maximum Gasteiger partial charge on any atom is 0.338 e. The fraction of sp³-hybridized carbons (Fsp3) is 0.200. The van der Waals surface area contributed by atoms with E-state index in [9.17, 15) is 14.0 Å². The molecule has 1 aromatic carbocycles. The summed E-state index contributed by atoms with van der Waals surface area (Å²) in [7, 11) is 0. The van der Waals surface area contributed by atoms with Gasteiger partial charge >= 0.3 is 5.97 Å². The summed E-state index contributed by atoms with van der Waals surface area (Å²) >= 11 is 3.06.